The van der Waals surface area contributed by atoms with Crippen LogP contribution >= 0.6 is 0 Å². The van der Waals surface area contributed by atoms with Gasteiger partial charge in [0.05, 0.1) is 14.2 Å². The monoisotopic (exact) mass is 267 g/mol. The van der Waals surface area contributed by atoms with E-state index < -0.39 is 35.0 Å². The largest absolute Gasteiger partial charge is 0.573 e. The zero-order valence-corrected chi connectivity index (χ0v) is 9.25. The highest BCUT2D eigenvalue weighted by molar-refractivity contribution is 5.89. The minimum absolute atomic E-state index is 0.551. The average Bonchev–Trinajstić information content (AvgIpc) is 2.29. The van der Waals surface area contributed by atoms with E-state index in [2.05, 4.69) is 19.2 Å². The molecule has 0 amide bonds. The highest BCUT2D eigenvalue weighted by Gasteiger charge is 2.35. The highest BCUT2D eigenvalue weighted by atomic mass is 19.4. The summed E-state index contributed by atoms with van der Waals surface area (Å²) in [5, 5.41) is 0. The topological polar surface area (TPSA) is 77.6 Å². The third-order valence-corrected chi connectivity index (χ3v) is 1.83. The third kappa shape index (κ3) is 2.93. The lowest BCUT2D eigenvalue weighted by Gasteiger charge is -2.12. The van der Waals surface area contributed by atoms with Crippen LogP contribution in [-0.4, -0.2) is 31.5 Å². The van der Waals surface area contributed by atoms with Crippen molar-refractivity contribution >= 4 is 5.97 Å². The Balaban J connectivity index is 3.36. The van der Waals surface area contributed by atoms with Gasteiger partial charge >= 0.3 is 12.3 Å². The van der Waals surface area contributed by atoms with Gasteiger partial charge in [-0.25, -0.2) is 4.79 Å². The molecule has 1 heterocycles. The summed E-state index contributed by atoms with van der Waals surface area (Å²) < 4.78 is 48.6. The fourth-order valence-corrected chi connectivity index (χ4v) is 1.12. The second-order valence-corrected chi connectivity index (χ2v) is 2.93. The Labute approximate surface area is 98.3 Å². The van der Waals surface area contributed by atoms with Crippen LogP contribution in [-0.2, 0) is 4.74 Å². The number of nitrogens with one attached hydrogen (secondary N) is 1. The number of hydrogen-bond acceptors (Lipinski definition) is 5. The zero-order valence-electron chi connectivity index (χ0n) is 9.25. The van der Waals surface area contributed by atoms with Crippen molar-refractivity contribution in [1.29, 1.82) is 0 Å². The number of hydrogen-bond donors (Lipinski definition) is 1. The maximum absolute atomic E-state index is 12.1. The maximum atomic E-state index is 12.1. The molecule has 0 unspecified atom stereocenters. The molecule has 1 aromatic heterocycles. The molecule has 6 nitrogen and oxygen atoms in total. The summed E-state index contributed by atoms with van der Waals surface area (Å²) >= 11 is 0. The summed E-state index contributed by atoms with van der Waals surface area (Å²) in [6, 6.07) is 0. The smallest absolute Gasteiger partial charge is 0.480 e. The van der Waals surface area contributed by atoms with E-state index in [9.17, 15) is 22.8 Å². The summed E-state index contributed by atoms with van der Waals surface area (Å²) in [5.74, 6) is -2.80. The predicted molar refractivity (Wildman–Crippen MR) is 51.6 cm³/mol. The van der Waals surface area contributed by atoms with E-state index >= 15 is 0 Å². The molecule has 0 aliphatic heterocycles. The van der Waals surface area contributed by atoms with Crippen LogP contribution in [0.15, 0.2) is 11.0 Å². The standard InChI is InChI=1S/C9H8F3NO5/c1-16-7-6(18-9(10,11)12)5(14)4(3-13-7)8(15)17-2/h3H,1-2H3,(H,13,14). The van der Waals surface area contributed by atoms with Gasteiger partial charge in [-0.3, -0.25) is 4.79 Å². The lowest BCUT2D eigenvalue weighted by Crippen LogP contribution is -2.26. The Morgan fingerprint density at radius 1 is 1.33 bits per heavy atom. The second kappa shape index (κ2) is 4.98. The van der Waals surface area contributed by atoms with Gasteiger partial charge in [0.25, 0.3) is 0 Å². The van der Waals surface area contributed by atoms with Crippen molar-refractivity contribution in [2.45, 2.75) is 6.36 Å². The molecule has 0 atom stereocenters. The number of carbonyl (C=O) groups is 1. The third-order valence-electron chi connectivity index (χ3n) is 1.83. The Bertz CT molecular complexity index is 508. The van der Waals surface area contributed by atoms with Crippen molar-refractivity contribution < 1.29 is 32.2 Å². The molecule has 0 saturated heterocycles. The summed E-state index contributed by atoms with van der Waals surface area (Å²) in [6.07, 6.45) is -4.22. The van der Waals surface area contributed by atoms with Crippen molar-refractivity contribution in [2.75, 3.05) is 14.2 Å². The van der Waals surface area contributed by atoms with Crippen molar-refractivity contribution in [3.63, 3.8) is 0 Å². The first-order valence-electron chi connectivity index (χ1n) is 4.44. The molecule has 0 spiro atoms. The number of esters is 1. The number of aromatic nitrogens is 1. The number of pyridine rings is 1. The van der Waals surface area contributed by atoms with E-state index in [-0.39, 0.29) is 0 Å². The van der Waals surface area contributed by atoms with Gasteiger partial charge in [-0.05, 0) is 0 Å². The maximum Gasteiger partial charge on any atom is 0.573 e. The Kier molecular flexibility index (Phi) is 3.84. The van der Waals surface area contributed by atoms with Crippen LogP contribution in [0.4, 0.5) is 13.2 Å². The van der Waals surface area contributed by atoms with Gasteiger partial charge in [0, 0.05) is 6.20 Å². The molecule has 1 N–H and O–H groups in total. The van der Waals surface area contributed by atoms with Crippen molar-refractivity contribution in [1.82, 2.24) is 4.98 Å². The van der Waals surface area contributed by atoms with Gasteiger partial charge in [-0.15, -0.1) is 13.2 Å². The van der Waals surface area contributed by atoms with Crippen molar-refractivity contribution in [3.8, 4) is 11.6 Å². The fourth-order valence-electron chi connectivity index (χ4n) is 1.12. The highest BCUT2D eigenvalue weighted by Crippen LogP contribution is 2.27. The molecular weight excluding hydrogens is 259 g/mol. The number of halogens is 3. The molecule has 0 aromatic carbocycles. The zero-order chi connectivity index (χ0) is 13.9. The van der Waals surface area contributed by atoms with E-state index in [1.54, 1.807) is 0 Å². The SMILES string of the molecule is COC(=O)c1c[nH]c(OC)c(OC(F)(F)F)c1=O. The normalized spacial score (nSPS) is 10.9. The van der Waals surface area contributed by atoms with Gasteiger partial charge in [-0.2, -0.15) is 0 Å². The number of rotatable bonds is 3. The Morgan fingerprint density at radius 3 is 2.39 bits per heavy atom. The number of methoxy groups -OCH3 is 2. The number of aromatic amines is 1. The second-order valence-electron chi connectivity index (χ2n) is 2.93. The summed E-state index contributed by atoms with van der Waals surface area (Å²) in [7, 11) is 2.02. The molecule has 1 rings (SSSR count). The first-order valence-corrected chi connectivity index (χ1v) is 4.44. The first-order chi connectivity index (χ1) is 8.30. The van der Waals surface area contributed by atoms with Gasteiger partial charge in [0.2, 0.25) is 17.1 Å². The number of ether oxygens (including phenoxy) is 3. The summed E-state index contributed by atoms with van der Waals surface area (Å²) in [5.41, 5.74) is -1.91. The van der Waals surface area contributed by atoms with Crippen LogP contribution in [0, 0.1) is 0 Å². The molecule has 18 heavy (non-hydrogen) atoms. The molecule has 0 saturated carbocycles. The predicted octanol–water partition coefficient (Wildman–Crippen LogP) is 1.07. The van der Waals surface area contributed by atoms with Crippen LogP contribution in [0.5, 0.6) is 11.6 Å². The molecule has 0 aliphatic carbocycles. The van der Waals surface area contributed by atoms with E-state index in [1.165, 1.54) is 0 Å². The van der Waals surface area contributed by atoms with Gasteiger partial charge in [0.15, 0.2) is 0 Å². The minimum atomic E-state index is -5.09. The van der Waals surface area contributed by atoms with Crippen LogP contribution in [0.2, 0.25) is 0 Å². The molecule has 100 valence electrons. The molecule has 1 aromatic rings. The lowest BCUT2D eigenvalue weighted by atomic mass is 10.2. The van der Waals surface area contributed by atoms with Crippen molar-refractivity contribution in [2.24, 2.45) is 0 Å². The average molecular weight is 267 g/mol. The van der Waals surface area contributed by atoms with E-state index in [0.29, 0.717) is 0 Å². The van der Waals surface area contributed by atoms with Gasteiger partial charge in [0.1, 0.15) is 5.56 Å². The quantitative estimate of drug-likeness (QED) is 0.829. The van der Waals surface area contributed by atoms with Crippen LogP contribution in [0.3, 0.4) is 0 Å². The van der Waals surface area contributed by atoms with E-state index in [0.717, 1.165) is 20.4 Å². The minimum Gasteiger partial charge on any atom is -0.480 e. The van der Waals surface area contributed by atoms with Gasteiger partial charge < -0.3 is 19.2 Å². The molecule has 0 bridgehead atoms. The first kappa shape index (κ1) is 13.9. The fraction of sp³-hybridized carbons (Fsp3) is 0.333. The van der Waals surface area contributed by atoms with Crippen LogP contribution in [0.1, 0.15) is 10.4 Å². The molecule has 0 fully saturated rings. The number of alkyl halides is 3. The van der Waals surface area contributed by atoms with E-state index in [1.807, 2.05) is 0 Å². The molecule has 0 radical (unpaired) electrons. The Morgan fingerprint density at radius 2 is 1.94 bits per heavy atom. The summed E-state index contributed by atoms with van der Waals surface area (Å²) in [4.78, 5) is 24.9. The molecular formula is C9H8F3NO5. The molecule has 0 aliphatic rings. The van der Waals surface area contributed by atoms with Crippen molar-refractivity contribution in [3.05, 3.63) is 22.0 Å². The van der Waals surface area contributed by atoms with Crippen LogP contribution in [0.25, 0.3) is 0 Å². The Hall–Kier alpha value is -2.19. The van der Waals surface area contributed by atoms with Crippen LogP contribution < -0.4 is 14.9 Å². The summed E-state index contributed by atoms with van der Waals surface area (Å²) in [6.45, 7) is 0. The number of carbonyl (C=O) groups excluding carboxylic acids is 1. The molecule has 9 heteroatoms. The van der Waals surface area contributed by atoms with Gasteiger partial charge in [-0.1, -0.05) is 0 Å². The lowest BCUT2D eigenvalue weighted by molar-refractivity contribution is -0.275. The van der Waals surface area contributed by atoms with E-state index in [4.69, 9.17) is 0 Å². The number of H-pyrrole nitrogens is 1.